The molecule has 0 aromatic heterocycles. The number of benzene rings is 1. The molecule has 1 aromatic carbocycles. The van der Waals surface area contributed by atoms with E-state index >= 15 is 0 Å². The summed E-state index contributed by atoms with van der Waals surface area (Å²) in [5, 5.41) is 0. The van der Waals surface area contributed by atoms with Crippen LogP contribution in [0, 0.1) is 11.6 Å². The number of halogens is 2. The Morgan fingerprint density at radius 1 is 1.21 bits per heavy atom. The SMILES string of the molecule is CCOC(=O)CC(=O)[C@@H]1C[C@@H](c2cc(F)ccc2F)CN1C(=O)OC(C)(C)C. The van der Waals surface area contributed by atoms with E-state index in [0.29, 0.717) is 0 Å². The first-order valence-electron chi connectivity index (χ1n) is 9.14. The molecule has 1 aliphatic heterocycles. The van der Waals surface area contributed by atoms with E-state index in [1.54, 1.807) is 27.7 Å². The molecule has 1 amide bonds. The molecule has 0 N–H and O–H groups in total. The van der Waals surface area contributed by atoms with Gasteiger partial charge in [-0.05, 0) is 57.9 Å². The minimum absolute atomic E-state index is 0.0193. The van der Waals surface area contributed by atoms with Crippen LogP contribution in [0.5, 0.6) is 0 Å². The lowest BCUT2D eigenvalue weighted by atomic mass is 9.94. The van der Waals surface area contributed by atoms with Gasteiger partial charge in [-0.25, -0.2) is 13.6 Å². The number of nitrogens with zero attached hydrogens (tertiary/aromatic N) is 1. The lowest BCUT2D eigenvalue weighted by Crippen LogP contribution is -2.44. The van der Waals surface area contributed by atoms with Crippen LogP contribution in [0.1, 0.15) is 52.0 Å². The summed E-state index contributed by atoms with van der Waals surface area (Å²) >= 11 is 0. The number of amides is 1. The maximum absolute atomic E-state index is 14.2. The Morgan fingerprint density at radius 3 is 2.50 bits per heavy atom. The molecule has 0 bridgehead atoms. The van der Waals surface area contributed by atoms with E-state index < -0.39 is 53.5 Å². The maximum atomic E-state index is 14.2. The maximum Gasteiger partial charge on any atom is 0.410 e. The fourth-order valence-electron chi connectivity index (χ4n) is 3.19. The number of likely N-dealkylation sites (tertiary alicyclic amines) is 1. The Hall–Kier alpha value is -2.51. The van der Waals surface area contributed by atoms with E-state index in [0.717, 1.165) is 18.2 Å². The number of ether oxygens (including phenoxy) is 2. The first kappa shape index (κ1) is 21.8. The number of hydrogen-bond acceptors (Lipinski definition) is 5. The Kier molecular flexibility index (Phi) is 6.74. The van der Waals surface area contributed by atoms with Crippen LogP contribution < -0.4 is 0 Å². The zero-order chi connectivity index (χ0) is 21.1. The van der Waals surface area contributed by atoms with E-state index in [9.17, 15) is 23.2 Å². The molecular weight excluding hydrogens is 372 g/mol. The van der Waals surface area contributed by atoms with E-state index in [1.807, 2.05) is 0 Å². The molecule has 0 aliphatic carbocycles. The number of esters is 1. The van der Waals surface area contributed by atoms with Crippen molar-refractivity contribution in [1.29, 1.82) is 0 Å². The van der Waals surface area contributed by atoms with Gasteiger partial charge in [0.05, 0.1) is 12.6 Å². The smallest absolute Gasteiger partial charge is 0.410 e. The van der Waals surface area contributed by atoms with Crippen molar-refractivity contribution in [3.63, 3.8) is 0 Å². The van der Waals surface area contributed by atoms with Gasteiger partial charge in [0.1, 0.15) is 23.7 Å². The first-order valence-corrected chi connectivity index (χ1v) is 9.14. The van der Waals surface area contributed by atoms with Crippen LogP contribution in [-0.2, 0) is 19.1 Å². The van der Waals surface area contributed by atoms with Gasteiger partial charge in [0.2, 0.25) is 0 Å². The monoisotopic (exact) mass is 397 g/mol. The van der Waals surface area contributed by atoms with Crippen LogP contribution >= 0.6 is 0 Å². The fourth-order valence-corrected chi connectivity index (χ4v) is 3.19. The largest absolute Gasteiger partial charge is 0.466 e. The van der Waals surface area contributed by atoms with Crippen LogP contribution in [0.3, 0.4) is 0 Å². The van der Waals surface area contributed by atoms with E-state index in [-0.39, 0.29) is 25.1 Å². The van der Waals surface area contributed by atoms with Crippen LogP contribution in [0.2, 0.25) is 0 Å². The van der Waals surface area contributed by atoms with Gasteiger partial charge < -0.3 is 9.47 Å². The minimum Gasteiger partial charge on any atom is -0.466 e. The van der Waals surface area contributed by atoms with E-state index in [2.05, 4.69) is 0 Å². The molecular formula is C20H25F2NO5. The molecule has 2 atom stereocenters. The molecule has 8 heteroatoms. The molecule has 1 heterocycles. The van der Waals surface area contributed by atoms with Crippen LogP contribution in [0.25, 0.3) is 0 Å². The van der Waals surface area contributed by atoms with Gasteiger partial charge in [-0.3, -0.25) is 14.5 Å². The highest BCUT2D eigenvalue weighted by atomic mass is 19.1. The number of ketones is 1. The Morgan fingerprint density at radius 2 is 1.89 bits per heavy atom. The second-order valence-corrected chi connectivity index (χ2v) is 7.70. The second-order valence-electron chi connectivity index (χ2n) is 7.70. The molecule has 0 saturated carbocycles. The van der Waals surface area contributed by atoms with Gasteiger partial charge in [0.25, 0.3) is 0 Å². The third kappa shape index (κ3) is 5.50. The van der Waals surface area contributed by atoms with E-state index in [4.69, 9.17) is 9.47 Å². The minimum atomic E-state index is -0.980. The quantitative estimate of drug-likeness (QED) is 0.561. The van der Waals surface area contributed by atoms with E-state index in [1.165, 1.54) is 4.90 Å². The van der Waals surface area contributed by atoms with Gasteiger partial charge in [-0.2, -0.15) is 0 Å². The predicted molar refractivity (Wildman–Crippen MR) is 96.7 cm³/mol. The molecule has 1 aliphatic rings. The third-order valence-electron chi connectivity index (χ3n) is 4.32. The number of carbonyl (C=O) groups is 3. The molecule has 1 aromatic rings. The highest BCUT2D eigenvalue weighted by molar-refractivity contribution is 6.00. The predicted octanol–water partition coefficient (Wildman–Crippen LogP) is 3.58. The summed E-state index contributed by atoms with van der Waals surface area (Å²) in [6.07, 6.45) is -1.18. The first-order chi connectivity index (χ1) is 13.0. The molecule has 6 nitrogen and oxygen atoms in total. The second kappa shape index (κ2) is 8.67. The average molecular weight is 397 g/mol. The van der Waals surface area contributed by atoms with Crippen LogP contribution in [0.4, 0.5) is 13.6 Å². The van der Waals surface area contributed by atoms with Gasteiger partial charge >= 0.3 is 12.1 Å². The molecule has 1 saturated heterocycles. The lowest BCUT2D eigenvalue weighted by molar-refractivity contribution is -0.146. The molecule has 1 fully saturated rings. The Balaban J connectivity index is 2.27. The van der Waals surface area contributed by atoms with Crippen molar-refractivity contribution >= 4 is 17.8 Å². The van der Waals surface area contributed by atoms with Crippen molar-refractivity contribution in [1.82, 2.24) is 4.90 Å². The summed E-state index contributed by atoms with van der Waals surface area (Å²) in [5.41, 5.74) is -0.714. The van der Waals surface area contributed by atoms with Gasteiger partial charge in [0, 0.05) is 12.5 Å². The lowest BCUT2D eigenvalue weighted by Gasteiger charge is -2.27. The van der Waals surface area contributed by atoms with Crippen LogP contribution in [-0.4, -0.2) is 47.5 Å². The molecule has 0 unspecified atom stereocenters. The van der Waals surface area contributed by atoms with Gasteiger partial charge in [-0.1, -0.05) is 0 Å². The molecule has 0 radical (unpaired) electrons. The number of Topliss-reactive ketones (excluding diaryl/α,β-unsaturated/α-hetero) is 1. The fraction of sp³-hybridized carbons (Fsp3) is 0.550. The summed E-state index contributed by atoms with van der Waals surface area (Å²) in [6, 6.07) is 2.09. The summed E-state index contributed by atoms with van der Waals surface area (Å²) in [7, 11) is 0. The number of hydrogen-bond donors (Lipinski definition) is 0. The standard InChI is InChI=1S/C20H25F2NO5/c1-5-27-18(25)10-17(24)16-8-12(14-9-13(21)6-7-15(14)22)11-23(16)19(26)28-20(2,3)4/h6-7,9,12,16H,5,8,10-11H2,1-4H3/t12-,16+/m1/s1. The summed E-state index contributed by atoms with van der Waals surface area (Å²) in [4.78, 5) is 38.1. The summed E-state index contributed by atoms with van der Waals surface area (Å²) in [5.74, 6) is -3.05. The Labute approximate surface area is 162 Å². The highest BCUT2D eigenvalue weighted by Gasteiger charge is 2.43. The molecule has 0 spiro atoms. The number of carbonyl (C=O) groups excluding carboxylic acids is 3. The van der Waals surface area contributed by atoms with Gasteiger partial charge in [0.15, 0.2) is 5.78 Å². The van der Waals surface area contributed by atoms with Crippen molar-refractivity contribution in [2.24, 2.45) is 0 Å². The van der Waals surface area contributed by atoms with Crippen molar-refractivity contribution in [2.45, 2.75) is 58.1 Å². The normalized spacial score (nSPS) is 19.4. The molecule has 28 heavy (non-hydrogen) atoms. The Bertz CT molecular complexity index is 759. The van der Waals surface area contributed by atoms with Crippen molar-refractivity contribution in [3.8, 4) is 0 Å². The zero-order valence-corrected chi connectivity index (χ0v) is 16.5. The van der Waals surface area contributed by atoms with Gasteiger partial charge in [-0.15, -0.1) is 0 Å². The molecule has 154 valence electrons. The third-order valence-corrected chi connectivity index (χ3v) is 4.32. The van der Waals surface area contributed by atoms with Crippen molar-refractivity contribution in [2.75, 3.05) is 13.2 Å². The summed E-state index contributed by atoms with van der Waals surface area (Å²) < 4.78 is 37.9. The number of rotatable bonds is 5. The molecule has 2 rings (SSSR count). The van der Waals surface area contributed by atoms with Crippen molar-refractivity contribution < 1.29 is 32.6 Å². The summed E-state index contributed by atoms with van der Waals surface area (Å²) in [6.45, 7) is 6.77. The van der Waals surface area contributed by atoms with Crippen molar-refractivity contribution in [3.05, 3.63) is 35.4 Å². The topological polar surface area (TPSA) is 72.9 Å². The van der Waals surface area contributed by atoms with Crippen LogP contribution in [0.15, 0.2) is 18.2 Å². The average Bonchev–Trinajstić information content (AvgIpc) is 3.01. The highest BCUT2D eigenvalue weighted by Crippen LogP contribution is 2.35. The zero-order valence-electron chi connectivity index (χ0n) is 16.5.